The second kappa shape index (κ2) is 8.34. The Morgan fingerprint density at radius 1 is 1.17 bits per heavy atom. The van der Waals surface area contributed by atoms with Crippen molar-refractivity contribution in [2.45, 2.75) is 19.4 Å². The number of ether oxygens (including phenoxy) is 2. The molecule has 1 aliphatic heterocycles. The molecule has 0 bridgehead atoms. The fourth-order valence-electron chi connectivity index (χ4n) is 3.31. The molecule has 29 heavy (non-hydrogen) atoms. The Hall–Kier alpha value is -3.35. The molecule has 1 heterocycles. The number of benzene rings is 2. The van der Waals surface area contributed by atoms with E-state index < -0.39 is 29.3 Å². The molecule has 1 aliphatic rings. The predicted octanol–water partition coefficient (Wildman–Crippen LogP) is 3.67. The molecule has 1 unspecified atom stereocenters. The molecule has 1 saturated heterocycles. The maximum atomic E-state index is 13.8. The Balaban J connectivity index is 2.10. The van der Waals surface area contributed by atoms with Crippen LogP contribution in [0.3, 0.4) is 0 Å². The van der Waals surface area contributed by atoms with Crippen LogP contribution in [0.5, 0.6) is 11.5 Å². The maximum absolute atomic E-state index is 13.8. The lowest BCUT2D eigenvalue weighted by molar-refractivity contribution is -0.139. The molecule has 3 rings (SSSR count). The summed E-state index contributed by atoms with van der Waals surface area (Å²) < 4.78 is 24.5. The summed E-state index contributed by atoms with van der Waals surface area (Å²) in [5.41, 5.74) is 0.503. The minimum Gasteiger partial charge on any atom is -0.507 e. The highest BCUT2D eigenvalue weighted by atomic mass is 19.1. The molecule has 2 aromatic carbocycles. The van der Waals surface area contributed by atoms with Gasteiger partial charge in [-0.2, -0.15) is 0 Å². The lowest BCUT2D eigenvalue weighted by Gasteiger charge is -2.21. The number of carbonyl (C=O) groups is 2. The van der Waals surface area contributed by atoms with Crippen LogP contribution < -0.4 is 9.47 Å². The van der Waals surface area contributed by atoms with Crippen LogP contribution in [0.2, 0.25) is 0 Å². The van der Waals surface area contributed by atoms with E-state index in [0.29, 0.717) is 17.9 Å². The van der Waals surface area contributed by atoms with Gasteiger partial charge in [0.1, 0.15) is 23.1 Å². The number of methoxy groups -OCH3 is 1. The van der Waals surface area contributed by atoms with Crippen LogP contribution >= 0.6 is 0 Å². The number of halogens is 1. The molecular weight excluding hydrogens is 377 g/mol. The van der Waals surface area contributed by atoms with Crippen LogP contribution in [0.25, 0.3) is 5.76 Å². The third-order valence-electron chi connectivity index (χ3n) is 4.76. The Bertz CT molecular complexity index is 968. The van der Waals surface area contributed by atoms with Gasteiger partial charge in [-0.3, -0.25) is 9.59 Å². The molecule has 6 nitrogen and oxygen atoms in total. The summed E-state index contributed by atoms with van der Waals surface area (Å²) >= 11 is 0. The van der Waals surface area contributed by atoms with Crippen LogP contribution in [-0.4, -0.2) is 42.5 Å². The van der Waals surface area contributed by atoms with E-state index in [1.54, 1.807) is 24.3 Å². The van der Waals surface area contributed by atoms with Crippen LogP contribution in [0.1, 0.15) is 30.5 Å². The van der Waals surface area contributed by atoms with E-state index in [1.165, 1.54) is 31.2 Å². The van der Waals surface area contributed by atoms with Crippen LogP contribution in [0.15, 0.2) is 48.0 Å². The molecule has 1 N–H and O–H groups in total. The number of Topliss-reactive ketones (excluding diaryl/α,β-unsaturated/α-hetero) is 1. The van der Waals surface area contributed by atoms with Crippen molar-refractivity contribution in [2.75, 3.05) is 20.8 Å². The molecule has 1 atom stereocenters. The average molecular weight is 399 g/mol. The van der Waals surface area contributed by atoms with Crippen molar-refractivity contribution in [1.29, 1.82) is 0 Å². The number of ketones is 1. The van der Waals surface area contributed by atoms with Crippen LogP contribution in [-0.2, 0) is 9.59 Å². The quantitative estimate of drug-likeness (QED) is 0.456. The number of rotatable bonds is 6. The number of aliphatic hydroxyl groups is 1. The first-order chi connectivity index (χ1) is 13.9. The molecule has 0 spiro atoms. The van der Waals surface area contributed by atoms with E-state index in [4.69, 9.17) is 9.47 Å². The van der Waals surface area contributed by atoms with Crippen LogP contribution in [0.4, 0.5) is 4.39 Å². The van der Waals surface area contributed by atoms with Gasteiger partial charge in [-0.15, -0.1) is 0 Å². The fourth-order valence-corrected chi connectivity index (χ4v) is 3.31. The van der Waals surface area contributed by atoms with Crippen LogP contribution in [0, 0.1) is 5.82 Å². The lowest BCUT2D eigenvalue weighted by atomic mass is 9.95. The minimum atomic E-state index is -0.840. The number of hydrogen-bond donors (Lipinski definition) is 1. The zero-order chi connectivity index (χ0) is 21.1. The number of hydrogen-bond acceptors (Lipinski definition) is 5. The first kappa shape index (κ1) is 20.4. The summed E-state index contributed by atoms with van der Waals surface area (Å²) in [4.78, 5) is 26.3. The summed E-state index contributed by atoms with van der Waals surface area (Å²) in [7, 11) is 2.85. The first-order valence-electron chi connectivity index (χ1n) is 9.20. The van der Waals surface area contributed by atoms with Crippen molar-refractivity contribution < 1.29 is 28.6 Å². The van der Waals surface area contributed by atoms with Gasteiger partial charge in [0.25, 0.3) is 11.7 Å². The second-order valence-corrected chi connectivity index (χ2v) is 6.67. The number of amides is 1. The number of nitrogens with zero attached hydrogens (tertiary/aromatic N) is 1. The van der Waals surface area contributed by atoms with Gasteiger partial charge >= 0.3 is 0 Å². The fraction of sp³-hybridized carbons (Fsp3) is 0.273. The summed E-state index contributed by atoms with van der Waals surface area (Å²) in [6.07, 6.45) is 0.867. The number of aliphatic hydroxyl groups excluding tert-OH is 1. The van der Waals surface area contributed by atoms with Gasteiger partial charge < -0.3 is 19.5 Å². The Morgan fingerprint density at radius 2 is 1.86 bits per heavy atom. The normalized spacial score (nSPS) is 18.2. The standard InChI is InChI=1S/C22H22FNO5/c1-4-11-29-15-8-5-13(6-9-15)19-18(21(26)22(27)24(19)2)20(25)16-12-14(23)7-10-17(16)28-3/h5-10,12,19,25H,4,11H2,1-3H3/b20-18+. The largest absolute Gasteiger partial charge is 0.507 e. The third kappa shape index (κ3) is 3.81. The summed E-state index contributed by atoms with van der Waals surface area (Å²) in [5.74, 6) is -1.83. The Labute approximate surface area is 168 Å². The monoisotopic (exact) mass is 399 g/mol. The number of likely N-dealkylation sites (N-methyl/N-ethyl adjacent to an activating group) is 1. The second-order valence-electron chi connectivity index (χ2n) is 6.67. The smallest absolute Gasteiger partial charge is 0.295 e. The van der Waals surface area contributed by atoms with Crippen molar-refractivity contribution in [1.82, 2.24) is 4.90 Å². The topological polar surface area (TPSA) is 76.1 Å². The predicted molar refractivity (Wildman–Crippen MR) is 105 cm³/mol. The van der Waals surface area contributed by atoms with E-state index >= 15 is 0 Å². The molecule has 0 radical (unpaired) electrons. The third-order valence-corrected chi connectivity index (χ3v) is 4.76. The summed E-state index contributed by atoms with van der Waals surface area (Å²) in [6.45, 7) is 2.57. The molecule has 0 aromatic heterocycles. The summed E-state index contributed by atoms with van der Waals surface area (Å²) in [6, 6.07) is 9.72. The van der Waals surface area contributed by atoms with E-state index in [9.17, 15) is 19.1 Å². The van der Waals surface area contributed by atoms with Gasteiger partial charge in [0.15, 0.2) is 0 Å². The first-order valence-corrected chi connectivity index (χ1v) is 9.20. The number of likely N-dealkylation sites (tertiary alicyclic amines) is 1. The van der Waals surface area contributed by atoms with Crippen molar-refractivity contribution in [3.63, 3.8) is 0 Å². The van der Waals surface area contributed by atoms with E-state index in [2.05, 4.69) is 0 Å². The molecule has 0 saturated carbocycles. The molecule has 7 heteroatoms. The van der Waals surface area contributed by atoms with Gasteiger partial charge in [0.05, 0.1) is 30.9 Å². The zero-order valence-corrected chi connectivity index (χ0v) is 16.4. The van der Waals surface area contributed by atoms with Gasteiger partial charge in [0, 0.05) is 7.05 Å². The molecule has 152 valence electrons. The van der Waals surface area contributed by atoms with Crippen molar-refractivity contribution in [3.8, 4) is 11.5 Å². The molecular formula is C22H22FNO5. The van der Waals surface area contributed by atoms with Gasteiger partial charge in [-0.1, -0.05) is 19.1 Å². The van der Waals surface area contributed by atoms with Gasteiger partial charge in [-0.05, 0) is 42.3 Å². The molecule has 1 fully saturated rings. The molecule has 0 aliphatic carbocycles. The minimum absolute atomic E-state index is 0.00634. The molecule has 2 aromatic rings. The molecule has 1 amide bonds. The maximum Gasteiger partial charge on any atom is 0.295 e. The van der Waals surface area contributed by atoms with Gasteiger partial charge in [0.2, 0.25) is 0 Å². The highest BCUT2D eigenvalue weighted by Gasteiger charge is 2.44. The summed E-state index contributed by atoms with van der Waals surface area (Å²) in [5, 5.41) is 10.9. The SMILES string of the molecule is CCCOc1ccc(C2/C(=C(\O)c3cc(F)ccc3OC)C(=O)C(=O)N2C)cc1. The lowest BCUT2D eigenvalue weighted by Crippen LogP contribution is -2.24. The van der Waals surface area contributed by atoms with Crippen molar-refractivity contribution in [3.05, 3.63) is 65.0 Å². The van der Waals surface area contributed by atoms with Crippen molar-refractivity contribution in [2.24, 2.45) is 0 Å². The van der Waals surface area contributed by atoms with E-state index in [0.717, 1.165) is 12.5 Å². The van der Waals surface area contributed by atoms with E-state index in [-0.39, 0.29) is 16.9 Å². The highest BCUT2D eigenvalue weighted by Crippen LogP contribution is 2.40. The van der Waals surface area contributed by atoms with E-state index in [1.807, 2.05) is 6.92 Å². The van der Waals surface area contributed by atoms with Gasteiger partial charge in [-0.25, -0.2) is 4.39 Å². The Kier molecular flexibility index (Phi) is 5.87. The zero-order valence-electron chi connectivity index (χ0n) is 16.4. The number of carbonyl (C=O) groups excluding carboxylic acids is 2. The average Bonchev–Trinajstić information content (AvgIpc) is 2.96. The highest BCUT2D eigenvalue weighted by molar-refractivity contribution is 6.46. The van der Waals surface area contributed by atoms with Crippen molar-refractivity contribution >= 4 is 17.4 Å². The Morgan fingerprint density at radius 3 is 2.48 bits per heavy atom.